The lowest BCUT2D eigenvalue weighted by atomic mass is 9.84. The van der Waals surface area contributed by atoms with Gasteiger partial charge in [-0.15, -0.1) is 0 Å². The normalized spacial score (nSPS) is 22.8. The SMILES string of the molecule is COCCCC(=O)N[C@H]1CC[C@H](CCN2CCN(c3ccc(C)cc3F)CC2)CC1. The number of methoxy groups -OCH3 is 1. The van der Waals surface area contributed by atoms with E-state index in [1.807, 2.05) is 19.1 Å². The van der Waals surface area contributed by atoms with Gasteiger partial charge in [-0.2, -0.15) is 0 Å². The first-order valence-electron chi connectivity index (χ1n) is 11.6. The van der Waals surface area contributed by atoms with Gasteiger partial charge in [0, 0.05) is 52.4 Å². The molecule has 1 amide bonds. The van der Waals surface area contributed by atoms with Gasteiger partial charge in [0.1, 0.15) is 5.82 Å². The minimum Gasteiger partial charge on any atom is -0.385 e. The van der Waals surface area contributed by atoms with Crippen LogP contribution in [0.15, 0.2) is 18.2 Å². The number of hydrogen-bond acceptors (Lipinski definition) is 4. The van der Waals surface area contributed by atoms with Gasteiger partial charge >= 0.3 is 0 Å². The van der Waals surface area contributed by atoms with Crippen LogP contribution in [0.25, 0.3) is 0 Å². The van der Waals surface area contributed by atoms with Crippen LogP contribution in [0.3, 0.4) is 0 Å². The van der Waals surface area contributed by atoms with E-state index in [0.717, 1.165) is 69.2 Å². The fraction of sp³-hybridized carbons (Fsp3) is 0.708. The first-order valence-corrected chi connectivity index (χ1v) is 11.6. The second-order valence-electron chi connectivity index (χ2n) is 8.95. The molecule has 0 radical (unpaired) electrons. The van der Waals surface area contributed by atoms with Crippen LogP contribution in [0.1, 0.15) is 50.5 Å². The molecule has 1 saturated carbocycles. The van der Waals surface area contributed by atoms with Crippen LogP contribution < -0.4 is 10.2 Å². The molecule has 1 aromatic rings. The summed E-state index contributed by atoms with van der Waals surface area (Å²) in [6.45, 7) is 7.48. The van der Waals surface area contributed by atoms with Gasteiger partial charge in [-0.05, 0) is 75.6 Å². The number of aryl methyl sites for hydroxylation is 1. The molecule has 0 aromatic heterocycles. The first kappa shape index (κ1) is 23.0. The van der Waals surface area contributed by atoms with Gasteiger partial charge in [0.05, 0.1) is 5.69 Å². The molecule has 2 aliphatic rings. The summed E-state index contributed by atoms with van der Waals surface area (Å²) in [7, 11) is 1.67. The molecule has 3 rings (SSSR count). The van der Waals surface area contributed by atoms with E-state index in [0.29, 0.717) is 19.1 Å². The Morgan fingerprint density at radius 3 is 2.57 bits per heavy atom. The minimum atomic E-state index is -0.106. The van der Waals surface area contributed by atoms with Crippen molar-refractivity contribution in [2.75, 3.05) is 51.3 Å². The number of anilines is 1. The second kappa shape index (κ2) is 11.7. The molecule has 1 aromatic carbocycles. The highest BCUT2D eigenvalue weighted by molar-refractivity contribution is 5.76. The highest BCUT2D eigenvalue weighted by Crippen LogP contribution is 2.28. The third kappa shape index (κ3) is 6.95. The van der Waals surface area contributed by atoms with Crippen molar-refractivity contribution in [3.05, 3.63) is 29.6 Å². The maximum atomic E-state index is 14.2. The molecule has 0 atom stereocenters. The summed E-state index contributed by atoms with van der Waals surface area (Å²) in [4.78, 5) is 16.7. The van der Waals surface area contributed by atoms with Gasteiger partial charge < -0.3 is 15.0 Å². The number of amides is 1. The third-order valence-electron chi connectivity index (χ3n) is 6.63. The van der Waals surface area contributed by atoms with Crippen LogP contribution in [0.2, 0.25) is 0 Å². The Kier molecular flexibility index (Phi) is 8.94. The number of ether oxygens (including phenoxy) is 1. The van der Waals surface area contributed by atoms with Gasteiger partial charge in [0.2, 0.25) is 5.91 Å². The molecule has 1 aliphatic heterocycles. The van der Waals surface area contributed by atoms with E-state index in [1.165, 1.54) is 19.3 Å². The molecular weight excluding hydrogens is 381 g/mol. The van der Waals surface area contributed by atoms with Crippen molar-refractivity contribution in [3.63, 3.8) is 0 Å². The molecule has 1 N–H and O–H groups in total. The third-order valence-corrected chi connectivity index (χ3v) is 6.63. The molecular formula is C24H38FN3O2. The molecule has 1 aliphatic carbocycles. The Hall–Kier alpha value is -1.66. The molecule has 2 fully saturated rings. The summed E-state index contributed by atoms with van der Waals surface area (Å²) in [6.07, 6.45) is 7.19. The molecule has 1 heterocycles. The number of carbonyl (C=O) groups excluding carboxylic acids is 1. The van der Waals surface area contributed by atoms with E-state index in [4.69, 9.17) is 4.74 Å². The molecule has 1 saturated heterocycles. The summed E-state index contributed by atoms with van der Waals surface area (Å²) < 4.78 is 19.2. The number of rotatable bonds is 9. The molecule has 168 valence electrons. The lowest BCUT2D eigenvalue weighted by Gasteiger charge is -2.37. The standard InChI is InChI=1S/C24H38FN3O2/c1-19-5-10-23(22(25)18-19)28-15-13-27(14-16-28)12-11-20-6-8-21(9-7-20)26-24(29)4-3-17-30-2/h5,10,18,20-21H,3-4,6-9,11-17H2,1-2H3,(H,26,29)/t20-,21-. The summed E-state index contributed by atoms with van der Waals surface area (Å²) >= 11 is 0. The highest BCUT2D eigenvalue weighted by atomic mass is 19.1. The zero-order valence-electron chi connectivity index (χ0n) is 18.7. The molecule has 30 heavy (non-hydrogen) atoms. The van der Waals surface area contributed by atoms with E-state index < -0.39 is 0 Å². The average molecular weight is 420 g/mol. The van der Waals surface area contributed by atoms with E-state index in [1.54, 1.807) is 13.2 Å². The van der Waals surface area contributed by atoms with E-state index >= 15 is 0 Å². The zero-order chi connectivity index (χ0) is 21.3. The quantitative estimate of drug-likeness (QED) is 0.619. The van der Waals surface area contributed by atoms with Gasteiger partial charge in [-0.1, -0.05) is 6.07 Å². The summed E-state index contributed by atoms with van der Waals surface area (Å²) in [5.41, 5.74) is 1.71. The molecule has 0 unspecified atom stereocenters. The van der Waals surface area contributed by atoms with Crippen molar-refractivity contribution in [2.24, 2.45) is 5.92 Å². The minimum absolute atomic E-state index is 0.106. The number of nitrogens with one attached hydrogen (secondary N) is 1. The summed E-state index contributed by atoms with van der Waals surface area (Å²) in [5, 5.41) is 3.19. The molecule has 0 spiro atoms. The number of hydrogen-bond donors (Lipinski definition) is 1. The first-order chi connectivity index (χ1) is 14.5. The maximum Gasteiger partial charge on any atom is 0.220 e. The van der Waals surface area contributed by atoms with E-state index in [9.17, 15) is 9.18 Å². The lowest BCUT2D eigenvalue weighted by molar-refractivity contribution is -0.122. The topological polar surface area (TPSA) is 44.8 Å². The van der Waals surface area contributed by atoms with E-state index in [2.05, 4.69) is 15.1 Å². The lowest BCUT2D eigenvalue weighted by Crippen LogP contribution is -2.47. The number of halogens is 1. The maximum absolute atomic E-state index is 14.2. The summed E-state index contributed by atoms with van der Waals surface area (Å²) in [6, 6.07) is 5.88. The van der Waals surface area contributed by atoms with Crippen LogP contribution in [-0.4, -0.2) is 63.3 Å². The second-order valence-corrected chi connectivity index (χ2v) is 8.95. The highest BCUT2D eigenvalue weighted by Gasteiger charge is 2.24. The van der Waals surface area contributed by atoms with Crippen molar-refractivity contribution in [3.8, 4) is 0 Å². The Balaban J connectivity index is 1.31. The van der Waals surface area contributed by atoms with Crippen LogP contribution in [-0.2, 0) is 9.53 Å². The Labute approximate surface area is 180 Å². The van der Waals surface area contributed by atoms with Crippen molar-refractivity contribution >= 4 is 11.6 Å². The Morgan fingerprint density at radius 1 is 1.17 bits per heavy atom. The average Bonchev–Trinajstić information content (AvgIpc) is 2.74. The number of nitrogens with zero attached hydrogens (tertiary/aromatic N) is 2. The van der Waals surface area contributed by atoms with Gasteiger partial charge in [0.15, 0.2) is 0 Å². The number of carbonyl (C=O) groups is 1. The Bertz CT molecular complexity index is 668. The van der Waals surface area contributed by atoms with Gasteiger partial charge in [-0.3, -0.25) is 9.69 Å². The van der Waals surface area contributed by atoms with Crippen molar-refractivity contribution in [1.29, 1.82) is 0 Å². The largest absolute Gasteiger partial charge is 0.385 e. The van der Waals surface area contributed by atoms with Gasteiger partial charge in [0.25, 0.3) is 0 Å². The number of benzene rings is 1. The van der Waals surface area contributed by atoms with Crippen molar-refractivity contribution in [1.82, 2.24) is 10.2 Å². The summed E-state index contributed by atoms with van der Waals surface area (Å²) in [5.74, 6) is 0.823. The smallest absolute Gasteiger partial charge is 0.220 e. The van der Waals surface area contributed by atoms with Crippen molar-refractivity contribution < 1.29 is 13.9 Å². The fourth-order valence-electron chi connectivity index (χ4n) is 4.72. The van der Waals surface area contributed by atoms with Crippen LogP contribution >= 0.6 is 0 Å². The van der Waals surface area contributed by atoms with Crippen LogP contribution in [0.5, 0.6) is 0 Å². The fourth-order valence-corrected chi connectivity index (χ4v) is 4.72. The van der Waals surface area contributed by atoms with Crippen LogP contribution in [0.4, 0.5) is 10.1 Å². The number of piperazine rings is 1. The predicted octanol–water partition coefficient (Wildman–Crippen LogP) is 3.75. The molecule has 6 heteroatoms. The van der Waals surface area contributed by atoms with Crippen LogP contribution in [0, 0.1) is 18.7 Å². The van der Waals surface area contributed by atoms with Crippen molar-refractivity contribution in [2.45, 2.75) is 57.9 Å². The monoisotopic (exact) mass is 419 g/mol. The Morgan fingerprint density at radius 2 is 1.90 bits per heavy atom. The molecule has 0 bridgehead atoms. The van der Waals surface area contributed by atoms with E-state index in [-0.39, 0.29) is 11.7 Å². The molecule has 5 nitrogen and oxygen atoms in total. The zero-order valence-corrected chi connectivity index (χ0v) is 18.7. The van der Waals surface area contributed by atoms with Gasteiger partial charge in [-0.25, -0.2) is 4.39 Å². The predicted molar refractivity (Wildman–Crippen MR) is 119 cm³/mol.